The van der Waals surface area contributed by atoms with Crippen LogP contribution in [0, 0.1) is 6.92 Å². The van der Waals surface area contributed by atoms with Gasteiger partial charge in [-0.25, -0.2) is 9.78 Å². The molecule has 0 atom stereocenters. The van der Waals surface area contributed by atoms with Gasteiger partial charge in [-0.05, 0) is 50.1 Å². The van der Waals surface area contributed by atoms with Crippen LogP contribution in [-0.2, 0) is 4.74 Å². The number of H-pyrrole nitrogens is 1. The van der Waals surface area contributed by atoms with Crippen LogP contribution in [-0.4, -0.2) is 59.5 Å². The van der Waals surface area contributed by atoms with Gasteiger partial charge in [0.05, 0.1) is 12.2 Å². The number of benzene rings is 1. The quantitative estimate of drug-likeness (QED) is 0.672. The first kappa shape index (κ1) is 19.9. The summed E-state index contributed by atoms with van der Waals surface area (Å²) in [6.45, 7) is 6.98. The monoisotopic (exact) mass is 406 g/mol. The molecule has 3 heterocycles. The maximum atomic E-state index is 13.0. The predicted molar refractivity (Wildman–Crippen MR) is 116 cm³/mol. The highest BCUT2D eigenvalue weighted by Gasteiger charge is 2.22. The number of carbonyl (C=O) groups excluding carboxylic acids is 2. The number of aromatic amines is 1. The lowest BCUT2D eigenvalue weighted by Crippen LogP contribution is -2.35. The number of fused-ring (bicyclic) bond motifs is 1. The van der Waals surface area contributed by atoms with Gasteiger partial charge in [-0.3, -0.25) is 4.79 Å². The smallest absolute Gasteiger partial charge is 0.339 e. The number of esters is 1. The van der Waals surface area contributed by atoms with Crippen LogP contribution in [0.5, 0.6) is 0 Å². The number of aryl methyl sites for hydroxylation is 1. The van der Waals surface area contributed by atoms with Gasteiger partial charge in [-0.1, -0.05) is 12.1 Å². The largest absolute Gasteiger partial charge is 0.462 e. The van der Waals surface area contributed by atoms with Gasteiger partial charge in [0.1, 0.15) is 11.5 Å². The maximum absolute atomic E-state index is 13.0. The maximum Gasteiger partial charge on any atom is 0.339 e. The summed E-state index contributed by atoms with van der Waals surface area (Å²) in [6.07, 6.45) is 2.40. The molecule has 1 fully saturated rings. The van der Waals surface area contributed by atoms with E-state index >= 15 is 0 Å². The molecule has 30 heavy (non-hydrogen) atoms. The summed E-state index contributed by atoms with van der Waals surface area (Å²) in [6, 6.07) is 11.6. The fourth-order valence-electron chi connectivity index (χ4n) is 3.78. The van der Waals surface area contributed by atoms with E-state index in [4.69, 9.17) is 4.74 Å². The lowest BCUT2D eigenvalue weighted by atomic mass is 10.2. The van der Waals surface area contributed by atoms with Crippen LogP contribution in [0.15, 0.2) is 42.6 Å². The number of hydrogen-bond donors (Lipinski definition) is 1. The third-order valence-electron chi connectivity index (χ3n) is 5.37. The first-order valence-corrected chi connectivity index (χ1v) is 10.3. The van der Waals surface area contributed by atoms with Crippen molar-refractivity contribution in [3.8, 4) is 0 Å². The Morgan fingerprint density at radius 2 is 1.97 bits per heavy atom. The summed E-state index contributed by atoms with van der Waals surface area (Å²) in [4.78, 5) is 36.6. The van der Waals surface area contributed by atoms with Crippen molar-refractivity contribution in [2.45, 2.75) is 20.3 Å². The zero-order chi connectivity index (χ0) is 21.1. The van der Waals surface area contributed by atoms with Gasteiger partial charge < -0.3 is 19.5 Å². The van der Waals surface area contributed by atoms with Crippen LogP contribution in [0.3, 0.4) is 0 Å². The zero-order valence-electron chi connectivity index (χ0n) is 17.4. The van der Waals surface area contributed by atoms with Gasteiger partial charge >= 0.3 is 5.97 Å². The number of aromatic nitrogens is 2. The minimum atomic E-state index is -0.363. The lowest BCUT2D eigenvalue weighted by molar-refractivity contribution is 0.0525. The Balaban J connectivity index is 1.43. The lowest BCUT2D eigenvalue weighted by Gasteiger charge is -2.22. The third-order valence-corrected chi connectivity index (χ3v) is 5.37. The SMILES string of the molecule is CCOC(=O)c1ccc(N2CCCN(C(=O)c3cc4ccc(C)cc4[nH]3)CC2)nc1. The van der Waals surface area contributed by atoms with E-state index in [0.717, 1.165) is 35.2 Å². The van der Waals surface area contributed by atoms with E-state index in [0.29, 0.717) is 37.5 Å². The van der Waals surface area contributed by atoms with Crippen LogP contribution in [0.2, 0.25) is 0 Å². The first-order valence-electron chi connectivity index (χ1n) is 10.3. The molecule has 7 heteroatoms. The molecule has 156 valence electrons. The Morgan fingerprint density at radius 3 is 2.73 bits per heavy atom. The average molecular weight is 406 g/mol. The summed E-state index contributed by atoms with van der Waals surface area (Å²) < 4.78 is 5.00. The molecule has 1 saturated heterocycles. The minimum Gasteiger partial charge on any atom is -0.462 e. The molecular formula is C23H26N4O3. The molecule has 2 aromatic heterocycles. The van der Waals surface area contributed by atoms with Crippen molar-refractivity contribution in [3.63, 3.8) is 0 Å². The Labute approximate surface area is 175 Å². The molecule has 3 aromatic rings. The molecule has 7 nitrogen and oxygen atoms in total. The van der Waals surface area contributed by atoms with Gasteiger partial charge in [0, 0.05) is 43.3 Å². The summed E-state index contributed by atoms with van der Waals surface area (Å²) in [5.74, 6) is 0.465. The number of hydrogen-bond acceptors (Lipinski definition) is 5. The van der Waals surface area contributed by atoms with Crippen LogP contribution < -0.4 is 4.90 Å². The number of rotatable bonds is 4. The molecule has 1 amide bonds. The molecule has 0 saturated carbocycles. The molecule has 0 spiro atoms. The number of anilines is 1. The number of pyridine rings is 1. The van der Waals surface area contributed by atoms with E-state index in [1.165, 1.54) is 0 Å². The molecule has 0 bridgehead atoms. The number of ether oxygens (including phenoxy) is 1. The average Bonchev–Trinajstić information content (AvgIpc) is 3.01. The second-order valence-corrected chi connectivity index (χ2v) is 7.53. The summed E-state index contributed by atoms with van der Waals surface area (Å²) in [7, 11) is 0. The normalized spacial score (nSPS) is 14.6. The Kier molecular flexibility index (Phi) is 5.70. The van der Waals surface area contributed by atoms with Gasteiger partial charge in [-0.15, -0.1) is 0 Å². The summed E-state index contributed by atoms with van der Waals surface area (Å²) in [5, 5.41) is 1.05. The van der Waals surface area contributed by atoms with Crippen LogP contribution in [0.25, 0.3) is 10.9 Å². The molecule has 4 rings (SSSR count). The van der Waals surface area contributed by atoms with Crippen molar-refractivity contribution in [1.82, 2.24) is 14.9 Å². The van der Waals surface area contributed by atoms with E-state index in [1.54, 1.807) is 19.2 Å². The van der Waals surface area contributed by atoms with Gasteiger partial charge in [-0.2, -0.15) is 0 Å². The fraction of sp³-hybridized carbons (Fsp3) is 0.348. The molecule has 1 N–H and O–H groups in total. The van der Waals surface area contributed by atoms with Crippen LogP contribution in [0.4, 0.5) is 5.82 Å². The van der Waals surface area contributed by atoms with Crippen LogP contribution in [0.1, 0.15) is 39.8 Å². The van der Waals surface area contributed by atoms with Crippen molar-refractivity contribution in [3.05, 3.63) is 59.4 Å². The zero-order valence-corrected chi connectivity index (χ0v) is 17.4. The standard InChI is InChI=1S/C23H26N4O3/c1-3-30-23(29)18-7-8-21(24-15-18)26-9-4-10-27(12-11-26)22(28)20-14-17-6-5-16(2)13-19(17)25-20/h5-8,13-15,25H,3-4,9-12H2,1-2H3. The van der Waals surface area contributed by atoms with E-state index in [-0.39, 0.29) is 11.9 Å². The fourth-order valence-corrected chi connectivity index (χ4v) is 3.78. The van der Waals surface area contributed by atoms with Gasteiger partial charge in [0.25, 0.3) is 5.91 Å². The molecule has 0 unspecified atom stereocenters. The van der Waals surface area contributed by atoms with E-state index < -0.39 is 0 Å². The first-order chi connectivity index (χ1) is 14.5. The summed E-state index contributed by atoms with van der Waals surface area (Å²) >= 11 is 0. The van der Waals surface area contributed by atoms with Crippen molar-refractivity contribution < 1.29 is 14.3 Å². The van der Waals surface area contributed by atoms with E-state index in [2.05, 4.69) is 27.0 Å². The molecule has 1 aliphatic rings. The van der Waals surface area contributed by atoms with Gasteiger partial charge in [0.2, 0.25) is 0 Å². The number of nitrogens with zero attached hydrogens (tertiary/aromatic N) is 3. The van der Waals surface area contributed by atoms with Crippen molar-refractivity contribution in [1.29, 1.82) is 0 Å². The number of amides is 1. The highest BCUT2D eigenvalue weighted by atomic mass is 16.5. The predicted octanol–water partition coefficient (Wildman–Crippen LogP) is 3.40. The minimum absolute atomic E-state index is 0.0244. The van der Waals surface area contributed by atoms with E-state index in [1.807, 2.05) is 30.0 Å². The highest BCUT2D eigenvalue weighted by Crippen LogP contribution is 2.20. The molecular weight excluding hydrogens is 380 g/mol. The highest BCUT2D eigenvalue weighted by molar-refractivity contribution is 5.98. The van der Waals surface area contributed by atoms with Gasteiger partial charge in [0.15, 0.2) is 0 Å². The van der Waals surface area contributed by atoms with Crippen LogP contribution >= 0.6 is 0 Å². The Bertz CT molecular complexity index is 1060. The van der Waals surface area contributed by atoms with Crippen molar-refractivity contribution in [2.24, 2.45) is 0 Å². The topological polar surface area (TPSA) is 78.5 Å². The van der Waals surface area contributed by atoms with E-state index in [9.17, 15) is 9.59 Å². The Morgan fingerprint density at radius 1 is 1.10 bits per heavy atom. The number of nitrogens with one attached hydrogen (secondary N) is 1. The number of carbonyl (C=O) groups is 2. The molecule has 0 aliphatic carbocycles. The Hall–Kier alpha value is -3.35. The summed E-state index contributed by atoms with van der Waals surface area (Å²) in [5.41, 5.74) is 3.22. The third kappa shape index (κ3) is 4.15. The molecule has 1 aliphatic heterocycles. The molecule has 0 radical (unpaired) electrons. The van der Waals surface area contributed by atoms with Crippen molar-refractivity contribution >= 4 is 28.6 Å². The molecule has 1 aromatic carbocycles. The second-order valence-electron chi connectivity index (χ2n) is 7.53. The van der Waals surface area contributed by atoms with Crippen molar-refractivity contribution in [2.75, 3.05) is 37.7 Å². The second kappa shape index (κ2) is 8.57.